The molecular weight excluding hydrogens is 586 g/mol. The van der Waals surface area contributed by atoms with Crippen LogP contribution in [0.4, 0.5) is 4.39 Å². The number of hydrogen-bond acceptors (Lipinski definition) is 4. The zero-order valence-electron chi connectivity index (χ0n) is 25.0. The van der Waals surface area contributed by atoms with Crippen LogP contribution in [0.3, 0.4) is 0 Å². The Morgan fingerprint density at radius 1 is 1.17 bits per heavy atom. The quantitative estimate of drug-likeness (QED) is 0.371. The van der Waals surface area contributed by atoms with Crippen LogP contribution in [-0.2, 0) is 30.1 Å². The molecule has 0 unspecified atom stereocenters. The standard InChI is InChI=1S/C31H45FN4O2.3ClH/c1-6-27-25-10-11-31(29(25)35(5)33-27)12-14-36(15-13-31)19-22-17-24(34(4)28(20(2)3)30(37)38)18-26(22)21-8-7-9-23(32)16-21;;;/h7-9,16,20,22,24,26,28H,6,10-15,17-19H2,1-5H3,(H,37,38);3*1H/t22-,24+,26-,28-;;;/m1.../s1. The number of nitrogens with zero attached hydrogens (tertiary/aromatic N) is 4. The van der Waals surface area contributed by atoms with E-state index >= 15 is 0 Å². The van der Waals surface area contributed by atoms with Crippen LogP contribution in [0.25, 0.3) is 0 Å². The molecule has 6 nitrogen and oxygen atoms in total. The minimum absolute atomic E-state index is 0. The summed E-state index contributed by atoms with van der Waals surface area (Å²) in [5.41, 5.74) is 5.59. The first kappa shape index (κ1) is 35.8. The van der Waals surface area contributed by atoms with Crippen LogP contribution in [0.1, 0.15) is 81.3 Å². The summed E-state index contributed by atoms with van der Waals surface area (Å²) in [5, 5.41) is 14.8. The molecule has 2 aliphatic carbocycles. The number of carbonyl (C=O) groups is 1. The van der Waals surface area contributed by atoms with Gasteiger partial charge in [-0.25, -0.2) is 4.39 Å². The molecule has 0 amide bonds. The van der Waals surface area contributed by atoms with Crippen LogP contribution >= 0.6 is 37.2 Å². The second-order valence-corrected chi connectivity index (χ2v) is 12.6. The number of aliphatic carboxylic acids is 1. The van der Waals surface area contributed by atoms with Crippen LogP contribution in [-0.4, -0.2) is 69.4 Å². The predicted octanol–water partition coefficient (Wildman–Crippen LogP) is 6.27. The van der Waals surface area contributed by atoms with Gasteiger partial charge in [-0.3, -0.25) is 14.4 Å². The van der Waals surface area contributed by atoms with E-state index in [9.17, 15) is 14.3 Å². The van der Waals surface area contributed by atoms with Gasteiger partial charge in [0.25, 0.3) is 0 Å². The molecule has 232 valence electrons. The zero-order chi connectivity index (χ0) is 27.2. The van der Waals surface area contributed by atoms with Crippen LogP contribution in [0.5, 0.6) is 0 Å². The number of likely N-dealkylation sites (tertiary alicyclic amines) is 1. The lowest BCUT2D eigenvalue weighted by molar-refractivity contribution is -0.145. The number of hydrogen-bond donors (Lipinski definition) is 1. The summed E-state index contributed by atoms with van der Waals surface area (Å²) >= 11 is 0. The fraction of sp³-hybridized carbons (Fsp3) is 0.677. The van der Waals surface area contributed by atoms with Crippen molar-refractivity contribution in [1.82, 2.24) is 19.6 Å². The maximum Gasteiger partial charge on any atom is 0.321 e. The summed E-state index contributed by atoms with van der Waals surface area (Å²) in [6, 6.07) is 6.74. The molecule has 1 aliphatic heterocycles. The van der Waals surface area contributed by atoms with Gasteiger partial charge in [0.05, 0.1) is 5.69 Å². The van der Waals surface area contributed by atoms with Crippen LogP contribution < -0.4 is 0 Å². The van der Waals surface area contributed by atoms with Crippen molar-refractivity contribution in [2.75, 3.05) is 26.7 Å². The number of benzene rings is 1. The summed E-state index contributed by atoms with van der Waals surface area (Å²) in [6.07, 6.45) is 7.55. The molecule has 1 aromatic carbocycles. The van der Waals surface area contributed by atoms with Crippen molar-refractivity contribution in [1.29, 1.82) is 0 Å². The monoisotopic (exact) mass is 632 g/mol. The first-order chi connectivity index (χ1) is 18.1. The van der Waals surface area contributed by atoms with E-state index in [4.69, 9.17) is 5.10 Å². The smallest absolute Gasteiger partial charge is 0.321 e. The third-order valence-corrected chi connectivity index (χ3v) is 10.1. The van der Waals surface area contributed by atoms with Gasteiger partial charge in [0.2, 0.25) is 0 Å². The number of aromatic nitrogens is 2. The number of halogens is 4. The summed E-state index contributed by atoms with van der Waals surface area (Å²) in [4.78, 5) is 16.8. The Morgan fingerprint density at radius 2 is 1.85 bits per heavy atom. The third-order valence-electron chi connectivity index (χ3n) is 10.1. The Hall–Kier alpha value is -1.38. The van der Waals surface area contributed by atoms with Crippen molar-refractivity contribution >= 4 is 43.2 Å². The minimum atomic E-state index is -0.757. The number of likely N-dealkylation sites (N-methyl/N-ethyl adjacent to an activating group) is 1. The van der Waals surface area contributed by atoms with Crippen LogP contribution in [0.2, 0.25) is 0 Å². The van der Waals surface area contributed by atoms with E-state index < -0.39 is 12.0 Å². The molecule has 0 bridgehead atoms. The van der Waals surface area contributed by atoms with Crippen molar-refractivity contribution in [3.8, 4) is 0 Å². The summed E-state index contributed by atoms with van der Waals surface area (Å²) in [5.74, 6) is -0.311. The molecule has 1 spiro atoms. The largest absolute Gasteiger partial charge is 0.480 e. The van der Waals surface area contributed by atoms with Crippen molar-refractivity contribution in [2.45, 2.75) is 89.1 Å². The second kappa shape index (κ2) is 14.4. The number of carboxylic acids is 1. The molecule has 1 aromatic heterocycles. The Labute approximate surface area is 263 Å². The third kappa shape index (κ3) is 6.90. The van der Waals surface area contributed by atoms with E-state index in [1.165, 1.54) is 29.4 Å². The van der Waals surface area contributed by atoms with Crippen molar-refractivity contribution in [2.24, 2.45) is 18.9 Å². The number of piperidine rings is 1. The highest BCUT2D eigenvalue weighted by Crippen LogP contribution is 2.48. The molecule has 1 saturated heterocycles. The average molecular weight is 634 g/mol. The molecule has 2 fully saturated rings. The van der Waals surface area contributed by atoms with Crippen molar-refractivity contribution in [3.63, 3.8) is 0 Å². The second-order valence-electron chi connectivity index (χ2n) is 12.6. The zero-order valence-corrected chi connectivity index (χ0v) is 27.5. The number of carboxylic acid groups (broad SMARTS) is 1. The fourth-order valence-electron chi connectivity index (χ4n) is 8.23. The molecular formula is C31H48Cl3FN4O2. The van der Waals surface area contributed by atoms with Gasteiger partial charge in [-0.15, -0.1) is 37.2 Å². The molecule has 10 heteroatoms. The summed E-state index contributed by atoms with van der Waals surface area (Å²) < 4.78 is 16.4. The topological polar surface area (TPSA) is 61.6 Å². The molecule has 2 heterocycles. The van der Waals surface area contributed by atoms with E-state index in [0.29, 0.717) is 5.92 Å². The Kier molecular flexibility index (Phi) is 12.6. The van der Waals surface area contributed by atoms with E-state index in [2.05, 4.69) is 34.5 Å². The molecule has 3 aliphatic rings. The Bertz CT molecular complexity index is 1170. The van der Waals surface area contributed by atoms with E-state index in [-0.39, 0.29) is 66.3 Å². The van der Waals surface area contributed by atoms with Gasteiger partial charge >= 0.3 is 5.97 Å². The van der Waals surface area contributed by atoms with Crippen LogP contribution in [0, 0.1) is 17.7 Å². The maximum absolute atomic E-state index is 14.2. The molecule has 1 N–H and O–H groups in total. The van der Waals surface area contributed by atoms with Gasteiger partial charge < -0.3 is 10.0 Å². The number of rotatable bonds is 8. The van der Waals surface area contributed by atoms with Crippen molar-refractivity contribution < 1.29 is 14.3 Å². The molecule has 41 heavy (non-hydrogen) atoms. The van der Waals surface area contributed by atoms with Gasteiger partial charge in [-0.2, -0.15) is 5.10 Å². The van der Waals surface area contributed by atoms with Gasteiger partial charge in [-0.05, 0) is 106 Å². The first-order valence-corrected chi connectivity index (χ1v) is 14.6. The lowest BCUT2D eigenvalue weighted by Gasteiger charge is -2.41. The molecule has 1 saturated carbocycles. The van der Waals surface area contributed by atoms with E-state index in [1.54, 1.807) is 6.07 Å². The SMILES string of the molecule is CCc1nn(C)c2c1CCC21CCN(C[C@H]2C[C@H](N(C)[C@@H](C(=O)O)C(C)C)C[C@@H]2c2cccc(F)c2)CC1.Cl.Cl.Cl. The van der Waals surface area contributed by atoms with Gasteiger partial charge in [0.15, 0.2) is 0 Å². The summed E-state index contributed by atoms with van der Waals surface area (Å²) in [7, 11) is 4.09. The predicted molar refractivity (Wildman–Crippen MR) is 170 cm³/mol. The molecule has 4 atom stereocenters. The highest BCUT2D eigenvalue weighted by Gasteiger charge is 2.46. The summed E-state index contributed by atoms with van der Waals surface area (Å²) in [6.45, 7) is 9.30. The normalized spacial score (nSPS) is 24.0. The Balaban J connectivity index is 0.00000196. The highest BCUT2D eigenvalue weighted by molar-refractivity contribution is 5.86. The lowest BCUT2D eigenvalue weighted by Crippen LogP contribution is -2.47. The lowest BCUT2D eigenvalue weighted by atomic mass is 9.75. The fourth-order valence-corrected chi connectivity index (χ4v) is 8.23. The molecule has 0 radical (unpaired) electrons. The van der Waals surface area contributed by atoms with E-state index in [1.807, 2.05) is 27.0 Å². The van der Waals surface area contributed by atoms with Gasteiger partial charge in [0.1, 0.15) is 11.9 Å². The van der Waals surface area contributed by atoms with Crippen molar-refractivity contribution in [3.05, 3.63) is 52.6 Å². The average Bonchev–Trinajstić information content (AvgIpc) is 3.55. The molecule has 2 aromatic rings. The molecule has 5 rings (SSSR count). The number of fused-ring (bicyclic) bond motifs is 2. The highest BCUT2D eigenvalue weighted by atomic mass is 35.5. The van der Waals surface area contributed by atoms with Gasteiger partial charge in [0, 0.05) is 30.7 Å². The number of aryl methyl sites for hydroxylation is 2. The Morgan fingerprint density at radius 3 is 2.44 bits per heavy atom. The van der Waals surface area contributed by atoms with E-state index in [0.717, 1.165) is 63.7 Å². The first-order valence-electron chi connectivity index (χ1n) is 14.6. The van der Waals surface area contributed by atoms with Crippen LogP contribution in [0.15, 0.2) is 24.3 Å². The van der Waals surface area contributed by atoms with Gasteiger partial charge in [-0.1, -0.05) is 32.9 Å². The minimum Gasteiger partial charge on any atom is -0.480 e. The maximum atomic E-state index is 14.2.